The van der Waals surface area contributed by atoms with Gasteiger partial charge in [0.15, 0.2) is 0 Å². The number of likely N-dealkylation sites (N-methyl/N-ethyl adjacent to an activating group) is 1. The van der Waals surface area contributed by atoms with Gasteiger partial charge in [-0.25, -0.2) is 0 Å². The Morgan fingerprint density at radius 2 is 2.04 bits per heavy atom. The van der Waals surface area contributed by atoms with E-state index in [-0.39, 0.29) is 23.3 Å². The lowest BCUT2D eigenvalue weighted by Crippen LogP contribution is -2.43. The maximum atomic E-state index is 12.6. The summed E-state index contributed by atoms with van der Waals surface area (Å²) in [5.41, 5.74) is 1.85. The van der Waals surface area contributed by atoms with Crippen LogP contribution in [0.2, 0.25) is 0 Å². The van der Waals surface area contributed by atoms with Crippen LogP contribution in [-0.4, -0.2) is 57.1 Å². The molecule has 0 aliphatic carbocycles. The van der Waals surface area contributed by atoms with Crippen molar-refractivity contribution in [3.8, 4) is 0 Å². The van der Waals surface area contributed by atoms with Crippen LogP contribution in [0, 0.1) is 19.8 Å². The van der Waals surface area contributed by atoms with Crippen molar-refractivity contribution in [2.24, 2.45) is 5.92 Å². The molecule has 1 atom stereocenters. The molecule has 1 aliphatic rings. The number of aryl methyl sites for hydroxylation is 2. The lowest BCUT2D eigenvalue weighted by molar-refractivity contribution is -0.135. The first kappa shape index (κ1) is 17.5. The second-order valence-corrected chi connectivity index (χ2v) is 7.49. The van der Waals surface area contributed by atoms with E-state index in [2.05, 4.69) is 5.10 Å². The highest BCUT2D eigenvalue weighted by molar-refractivity contribution is 5.89. The fourth-order valence-corrected chi connectivity index (χ4v) is 3.09. The summed E-state index contributed by atoms with van der Waals surface area (Å²) in [5, 5.41) is 4.41. The molecule has 0 N–H and O–H groups in total. The van der Waals surface area contributed by atoms with Crippen molar-refractivity contribution in [3.05, 3.63) is 17.5 Å². The Hall–Kier alpha value is -1.85. The molecule has 1 aromatic rings. The van der Waals surface area contributed by atoms with E-state index in [1.807, 2.05) is 50.3 Å². The molecule has 6 heteroatoms. The van der Waals surface area contributed by atoms with Crippen LogP contribution in [-0.2, 0) is 16.1 Å². The molecule has 6 nitrogen and oxygen atoms in total. The van der Waals surface area contributed by atoms with Gasteiger partial charge in [-0.3, -0.25) is 14.3 Å². The van der Waals surface area contributed by atoms with E-state index < -0.39 is 0 Å². The molecular weight excluding hydrogens is 292 g/mol. The maximum absolute atomic E-state index is 12.6. The lowest BCUT2D eigenvalue weighted by Gasteiger charge is -2.32. The lowest BCUT2D eigenvalue weighted by atomic mass is 10.1. The molecule has 0 spiro atoms. The van der Waals surface area contributed by atoms with Crippen molar-refractivity contribution in [1.29, 1.82) is 0 Å². The predicted molar refractivity (Wildman–Crippen MR) is 88.9 cm³/mol. The van der Waals surface area contributed by atoms with Crippen LogP contribution in [0.3, 0.4) is 0 Å². The third kappa shape index (κ3) is 3.92. The number of rotatable bonds is 4. The van der Waals surface area contributed by atoms with Gasteiger partial charge >= 0.3 is 0 Å². The van der Waals surface area contributed by atoms with Gasteiger partial charge in [0.05, 0.1) is 18.2 Å². The summed E-state index contributed by atoms with van der Waals surface area (Å²) in [6, 6.07) is 2.03. The number of hydrogen-bond acceptors (Lipinski definition) is 3. The average Bonchev–Trinajstić information content (AvgIpc) is 2.97. The minimum Gasteiger partial charge on any atom is -0.344 e. The van der Waals surface area contributed by atoms with Crippen LogP contribution in [0.4, 0.5) is 0 Å². The van der Waals surface area contributed by atoms with Crippen LogP contribution in [0.5, 0.6) is 0 Å². The molecule has 1 aromatic heterocycles. The first-order valence-electron chi connectivity index (χ1n) is 8.16. The Morgan fingerprint density at radius 1 is 1.39 bits per heavy atom. The Kier molecular flexibility index (Phi) is 4.82. The van der Waals surface area contributed by atoms with Crippen molar-refractivity contribution in [2.75, 3.05) is 20.1 Å². The Labute approximate surface area is 138 Å². The predicted octanol–water partition coefficient (Wildman–Crippen LogP) is 1.61. The molecule has 1 fully saturated rings. The van der Waals surface area contributed by atoms with E-state index >= 15 is 0 Å². The van der Waals surface area contributed by atoms with Crippen LogP contribution < -0.4 is 0 Å². The summed E-state index contributed by atoms with van der Waals surface area (Å²) in [7, 11) is 1.80. The first-order chi connectivity index (χ1) is 10.6. The number of aromatic nitrogens is 2. The highest BCUT2D eigenvalue weighted by Gasteiger charge is 2.40. The molecule has 1 aliphatic heterocycles. The van der Waals surface area contributed by atoms with Gasteiger partial charge in [-0.2, -0.15) is 5.10 Å². The molecule has 0 unspecified atom stereocenters. The number of nitrogens with zero attached hydrogens (tertiary/aromatic N) is 4. The number of amides is 2. The largest absolute Gasteiger partial charge is 0.344 e. The molecule has 2 heterocycles. The molecular formula is C17H28N4O2. The highest BCUT2D eigenvalue weighted by Crippen LogP contribution is 2.26. The normalized spacial score (nSPS) is 18.6. The van der Waals surface area contributed by atoms with Gasteiger partial charge in [-0.15, -0.1) is 0 Å². The summed E-state index contributed by atoms with van der Waals surface area (Å²) in [5.74, 6) is -0.110. The van der Waals surface area contributed by atoms with Crippen LogP contribution in [0.1, 0.15) is 38.6 Å². The molecule has 23 heavy (non-hydrogen) atoms. The van der Waals surface area contributed by atoms with E-state index in [9.17, 15) is 9.59 Å². The van der Waals surface area contributed by atoms with Gasteiger partial charge in [-0.1, -0.05) is 0 Å². The summed E-state index contributed by atoms with van der Waals surface area (Å²) >= 11 is 0. The monoisotopic (exact) mass is 320 g/mol. The van der Waals surface area contributed by atoms with Gasteiger partial charge < -0.3 is 9.80 Å². The minimum atomic E-state index is -0.229. The van der Waals surface area contributed by atoms with Crippen molar-refractivity contribution >= 4 is 11.8 Å². The van der Waals surface area contributed by atoms with E-state index in [0.717, 1.165) is 11.4 Å². The molecule has 2 amide bonds. The maximum Gasteiger partial charge on any atom is 0.227 e. The number of carbonyl (C=O) groups is 2. The molecule has 0 radical (unpaired) electrons. The van der Waals surface area contributed by atoms with E-state index in [0.29, 0.717) is 26.1 Å². The molecule has 128 valence electrons. The fourth-order valence-electron chi connectivity index (χ4n) is 3.09. The summed E-state index contributed by atoms with van der Waals surface area (Å²) in [4.78, 5) is 28.3. The molecule has 0 aromatic carbocycles. The van der Waals surface area contributed by atoms with Crippen LogP contribution in [0.15, 0.2) is 6.07 Å². The Bertz CT molecular complexity index is 600. The zero-order chi connectivity index (χ0) is 17.4. The van der Waals surface area contributed by atoms with Crippen molar-refractivity contribution in [3.63, 3.8) is 0 Å². The zero-order valence-electron chi connectivity index (χ0n) is 15.1. The van der Waals surface area contributed by atoms with Crippen LogP contribution >= 0.6 is 0 Å². The second-order valence-electron chi connectivity index (χ2n) is 7.49. The van der Waals surface area contributed by atoms with Gasteiger partial charge in [0.2, 0.25) is 11.8 Å². The van der Waals surface area contributed by atoms with Crippen molar-refractivity contribution in [2.45, 2.75) is 53.1 Å². The Balaban J connectivity index is 1.93. The Morgan fingerprint density at radius 3 is 2.52 bits per heavy atom. The van der Waals surface area contributed by atoms with Crippen LogP contribution in [0.25, 0.3) is 0 Å². The summed E-state index contributed by atoms with van der Waals surface area (Å²) in [6.45, 7) is 11.8. The van der Waals surface area contributed by atoms with Gasteiger partial charge in [0, 0.05) is 37.8 Å². The van der Waals surface area contributed by atoms with Crippen molar-refractivity contribution < 1.29 is 9.59 Å². The van der Waals surface area contributed by atoms with E-state index in [1.54, 1.807) is 11.9 Å². The third-order valence-electron chi connectivity index (χ3n) is 4.41. The summed E-state index contributed by atoms with van der Waals surface area (Å²) in [6.07, 6.45) is 0.320. The standard InChI is InChI=1S/C17H28N4O2/c1-12-9-13(2)21(18-12)8-7-19(6)16(23)14-10-15(22)20(11-14)17(3,4)5/h9,14H,7-8,10-11H2,1-6H3/t14-/m0/s1. The fraction of sp³-hybridized carbons (Fsp3) is 0.706. The third-order valence-corrected chi connectivity index (χ3v) is 4.41. The molecule has 0 saturated carbocycles. The molecule has 0 bridgehead atoms. The number of likely N-dealkylation sites (tertiary alicyclic amines) is 1. The highest BCUT2D eigenvalue weighted by atomic mass is 16.2. The van der Waals surface area contributed by atoms with Gasteiger partial charge in [0.1, 0.15) is 0 Å². The van der Waals surface area contributed by atoms with Gasteiger partial charge in [-0.05, 0) is 40.7 Å². The average molecular weight is 320 g/mol. The topological polar surface area (TPSA) is 58.4 Å². The molecule has 2 rings (SSSR count). The minimum absolute atomic E-state index is 0.0478. The zero-order valence-corrected chi connectivity index (χ0v) is 15.1. The quantitative estimate of drug-likeness (QED) is 0.847. The molecule has 1 saturated heterocycles. The van der Waals surface area contributed by atoms with E-state index in [1.165, 1.54) is 0 Å². The van der Waals surface area contributed by atoms with E-state index in [4.69, 9.17) is 0 Å². The van der Waals surface area contributed by atoms with Crippen molar-refractivity contribution in [1.82, 2.24) is 19.6 Å². The summed E-state index contributed by atoms with van der Waals surface area (Å²) < 4.78 is 1.92. The number of hydrogen-bond donors (Lipinski definition) is 0. The first-order valence-corrected chi connectivity index (χ1v) is 8.16. The smallest absolute Gasteiger partial charge is 0.227 e. The second kappa shape index (κ2) is 6.34. The SMILES string of the molecule is Cc1cc(C)n(CCN(C)C(=O)[C@H]2CC(=O)N(C(C)(C)C)C2)n1. The van der Waals surface area contributed by atoms with Gasteiger partial charge in [0.25, 0.3) is 0 Å². The number of carbonyl (C=O) groups excluding carboxylic acids is 2.